The molecule has 1 rings (SSSR count). The Morgan fingerprint density at radius 2 is 2.00 bits per heavy atom. The average Bonchev–Trinajstić information content (AvgIpc) is 2.45. The Labute approximate surface area is 126 Å². The van der Waals surface area contributed by atoms with Crippen molar-refractivity contribution in [2.24, 2.45) is 0 Å². The third kappa shape index (κ3) is 5.70. The van der Waals surface area contributed by atoms with Crippen molar-refractivity contribution in [1.29, 1.82) is 0 Å². The van der Waals surface area contributed by atoms with Gasteiger partial charge in [-0.15, -0.1) is 0 Å². The maximum absolute atomic E-state index is 13.4. The molecule has 0 heterocycles. The van der Waals surface area contributed by atoms with Gasteiger partial charge in [-0.05, 0) is 37.8 Å². The molecule has 1 aromatic rings. The first-order chi connectivity index (χ1) is 9.90. The van der Waals surface area contributed by atoms with Gasteiger partial charge in [-0.2, -0.15) is 0 Å². The summed E-state index contributed by atoms with van der Waals surface area (Å²) in [6.45, 7) is 6.77. The molecule has 0 aliphatic heterocycles. The molecule has 2 N–H and O–H groups in total. The number of rotatable bonds is 9. The van der Waals surface area contributed by atoms with Crippen LogP contribution in [0.5, 0.6) is 0 Å². The maximum atomic E-state index is 13.4. The van der Waals surface area contributed by atoms with Gasteiger partial charge >= 0.3 is 0 Å². The fourth-order valence-electron chi connectivity index (χ4n) is 1.79. The Morgan fingerprint density at radius 1 is 1.29 bits per heavy atom. The van der Waals surface area contributed by atoms with Crippen LogP contribution in [0.4, 0.5) is 4.39 Å². The van der Waals surface area contributed by atoms with E-state index in [0.29, 0.717) is 31.7 Å². The number of hydrogen-bond donors (Lipinski definition) is 2. The summed E-state index contributed by atoms with van der Waals surface area (Å²) in [5.41, 5.74) is 0.564. The summed E-state index contributed by atoms with van der Waals surface area (Å²) in [5.74, 6) is -0.554. The molecule has 0 bridgehead atoms. The van der Waals surface area contributed by atoms with E-state index in [1.807, 2.05) is 25.8 Å². The van der Waals surface area contributed by atoms with Crippen LogP contribution in [0.25, 0.3) is 0 Å². The largest absolute Gasteiger partial charge is 0.313 e. The van der Waals surface area contributed by atoms with Crippen LogP contribution >= 0.6 is 0 Å². The summed E-state index contributed by atoms with van der Waals surface area (Å²) in [7, 11) is -1.79. The molecule has 0 radical (unpaired) electrons. The molecule has 0 aromatic heterocycles. The van der Waals surface area contributed by atoms with Crippen LogP contribution in [0, 0.1) is 5.82 Å². The molecule has 0 saturated heterocycles. The molecule has 5 nitrogen and oxygen atoms in total. The fraction of sp³-hybridized carbons (Fsp3) is 0.571. The maximum Gasteiger partial charge on any atom is 0.241 e. The van der Waals surface area contributed by atoms with Gasteiger partial charge in [0, 0.05) is 19.6 Å². The van der Waals surface area contributed by atoms with Crippen molar-refractivity contribution in [3.05, 3.63) is 29.6 Å². The molecule has 0 amide bonds. The second kappa shape index (κ2) is 8.43. The second-order valence-corrected chi connectivity index (χ2v) is 6.56. The van der Waals surface area contributed by atoms with Crippen molar-refractivity contribution >= 4 is 10.0 Å². The summed E-state index contributed by atoms with van der Waals surface area (Å²) in [6.07, 6.45) is 0. The number of nitrogens with one attached hydrogen (secondary N) is 2. The van der Waals surface area contributed by atoms with Crippen molar-refractivity contribution in [3.63, 3.8) is 0 Å². The Kier molecular flexibility index (Phi) is 7.24. The molecule has 7 heteroatoms. The number of likely N-dealkylation sites (N-methyl/N-ethyl adjacent to an activating group) is 1. The first-order valence-corrected chi connectivity index (χ1v) is 8.56. The van der Waals surface area contributed by atoms with E-state index in [4.69, 9.17) is 0 Å². The lowest BCUT2D eigenvalue weighted by atomic mass is 10.2. The normalized spacial score (nSPS) is 12.0. The van der Waals surface area contributed by atoms with Gasteiger partial charge in [0.1, 0.15) is 5.82 Å². The highest BCUT2D eigenvalue weighted by atomic mass is 32.2. The highest BCUT2D eigenvalue weighted by Gasteiger charge is 2.19. The lowest BCUT2D eigenvalue weighted by molar-refractivity contribution is 0.358. The Bertz CT molecular complexity index is 549. The Hall–Kier alpha value is -1.02. The minimum atomic E-state index is -3.70. The van der Waals surface area contributed by atoms with Gasteiger partial charge in [0.2, 0.25) is 10.0 Å². The van der Waals surface area contributed by atoms with Crippen molar-refractivity contribution in [2.45, 2.75) is 25.3 Å². The molecule has 0 fully saturated rings. The van der Waals surface area contributed by atoms with E-state index < -0.39 is 15.8 Å². The minimum absolute atomic E-state index is 0.00241. The molecule has 0 atom stereocenters. The number of halogens is 1. The van der Waals surface area contributed by atoms with Crippen molar-refractivity contribution in [2.75, 3.05) is 33.2 Å². The standard InChI is InChI=1S/C14H24FN3O2S/c1-4-16-11-12-6-7-13(15)10-14(12)21(19,20)17-8-9-18(3)5-2/h6-7,10,16-17H,4-5,8-9,11H2,1-3H3. The SMILES string of the molecule is CCNCc1ccc(F)cc1S(=O)(=O)NCCN(C)CC. The highest BCUT2D eigenvalue weighted by Crippen LogP contribution is 2.17. The molecule has 0 saturated carbocycles. The van der Waals surface area contributed by atoms with Gasteiger partial charge in [-0.25, -0.2) is 17.5 Å². The summed E-state index contributed by atoms with van der Waals surface area (Å²) < 4.78 is 40.5. The monoisotopic (exact) mass is 317 g/mol. The quantitative estimate of drug-likeness (QED) is 0.718. The zero-order chi connectivity index (χ0) is 15.9. The van der Waals surface area contributed by atoms with Gasteiger partial charge in [-0.3, -0.25) is 0 Å². The van der Waals surface area contributed by atoms with E-state index in [0.717, 1.165) is 12.6 Å². The van der Waals surface area contributed by atoms with Crippen molar-refractivity contribution in [1.82, 2.24) is 14.9 Å². The molecule has 1 aromatic carbocycles. The van der Waals surface area contributed by atoms with Gasteiger partial charge in [0.05, 0.1) is 4.90 Å². The second-order valence-electron chi connectivity index (χ2n) is 4.83. The molecular formula is C14H24FN3O2S. The molecule has 0 aliphatic rings. The van der Waals surface area contributed by atoms with Gasteiger partial charge in [0.15, 0.2) is 0 Å². The van der Waals surface area contributed by atoms with E-state index in [2.05, 4.69) is 10.0 Å². The summed E-state index contributed by atoms with van der Waals surface area (Å²) in [6, 6.07) is 3.85. The Morgan fingerprint density at radius 3 is 2.62 bits per heavy atom. The summed E-state index contributed by atoms with van der Waals surface area (Å²) >= 11 is 0. The summed E-state index contributed by atoms with van der Waals surface area (Å²) in [4.78, 5) is 2.00. The smallest absolute Gasteiger partial charge is 0.241 e. The van der Waals surface area contributed by atoms with Gasteiger partial charge in [-0.1, -0.05) is 19.9 Å². The van der Waals surface area contributed by atoms with E-state index in [1.165, 1.54) is 12.1 Å². The van der Waals surface area contributed by atoms with Crippen LogP contribution in [0.15, 0.2) is 23.1 Å². The number of benzene rings is 1. The molecule has 21 heavy (non-hydrogen) atoms. The third-order valence-electron chi connectivity index (χ3n) is 3.21. The van der Waals surface area contributed by atoms with E-state index in [-0.39, 0.29) is 4.90 Å². The minimum Gasteiger partial charge on any atom is -0.313 e. The zero-order valence-electron chi connectivity index (χ0n) is 12.8. The van der Waals surface area contributed by atoms with E-state index in [9.17, 15) is 12.8 Å². The van der Waals surface area contributed by atoms with Crippen molar-refractivity contribution < 1.29 is 12.8 Å². The molecule has 0 unspecified atom stereocenters. The topological polar surface area (TPSA) is 61.4 Å². The molecular weight excluding hydrogens is 293 g/mol. The van der Waals surface area contributed by atoms with Gasteiger partial charge < -0.3 is 10.2 Å². The fourth-order valence-corrected chi connectivity index (χ4v) is 3.06. The predicted molar refractivity (Wildman–Crippen MR) is 82.1 cm³/mol. The lowest BCUT2D eigenvalue weighted by Gasteiger charge is -2.15. The van der Waals surface area contributed by atoms with Crippen molar-refractivity contribution in [3.8, 4) is 0 Å². The van der Waals surface area contributed by atoms with Crippen LogP contribution in [-0.2, 0) is 16.6 Å². The average molecular weight is 317 g/mol. The van der Waals surface area contributed by atoms with Gasteiger partial charge in [0.25, 0.3) is 0 Å². The number of sulfonamides is 1. The lowest BCUT2D eigenvalue weighted by Crippen LogP contribution is -2.33. The number of hydrogen-bond acceptors (Lipinski definition) is 4. The van der Waals surface area contributed by atoms with E-state index in [1.54, 1.807) is 0 Å². The zero-order valence-corrected chi connectivity index (χ0v) is 13.6. The van der Waals surface area contributed by atoms with Crippen LogP contribution in [0.3, 0.4) is 0 Å². The van der Waals surface area contributed by atoms with Crippen LogP contribution < -0.4 is 10.0 Å². The number of nitrogens with zero attached hydrogens (tertiary/aromatic N) is 1. The predicted octanol–water partition coefficient (Wildman–Crippen LogP) is 1.17. The third-order valence-corrected chi connectivity index (χ3v) is 4.75. The van der Waals surface area contributed by atoms with Crippen LogP contribution in [-0.4, -0.2) is 46.5 Å². The molecule has 120 valence electrons. The Balaban J connectivity index is 2.87. The van der Waals surface area contributed by atoms with Crippen LogP contribution in [0.1, 0.15) is 19.4 Å². The summed E-state index contributed by atoms with van der Waals surface area (Å²) in [5, 5.41) is 3.06. The van der Waals surface area contributed by atoms with Crippen LogP contribution in [0.2, 0.25) is 0 Å². The van der Waals surface area contributed by atoms with E-state index >= 15 is 0 Å². The first kappa shape index (κ1) is 18.0. The highest BCUT2D eigenvalue weighted by molar-refractivity contribution is 7.89. The molecule has 0 spiro atoms. The first-order valence-electron chi connectivity index (χ1n) is 7.08. The molecule has 0 aliphatic carbocycles.